The molecule has 0 radical (unpaired) electrons. The molecule has 31 heavy (non-hydrogen) atoms. The van der Waals surface area contributed by atoms with Gasteiger partial charge in [0.15, 0.2) is 5.78 Å². The molecule has 1 atom stereocenters. The summed E-state index contributed by atoms with van der Waals surface area (Å²) in [6.07, 6.45) is 0.0967. The number of anilines is 1. The number of carbonyl (C=O) groups is 2. The van der Waals surface area contributed by atoms with Crippen molar-refractivity contribution in [1.82, 2.24) is 4.72 Å². The lowest BCUT2D eigenvalue weighted by molar-refractivity contribution is -0.117. The monoisotopic (exact) mass is 440 g/mol. The number of ketones is 1. The van der Waals surface area contributed by atoms with Crippen LogP contribution in [0.2, 0.25) is 0 Å². The Hall–Kier alpha value is -3.36. The van der Waals surface area contributed by atoms with E-state index in [0.29, 0.717) is 11.3 Å². The van der Waals surface area contributed by atoms with Gasteiger partial charge in [-0.15, -0.1) is 0 Å². The minimum atomic E-state index is -4.09. The Morgan fingerprint density at radius 1 is 0.935 bits per heavy atom. The molecule has 6 nitrogen and oxygen atoms in total. The van der Waals surface area contributed by atoms with Gasteiger partial charge < -0.3 is 5.32 Å². The van der Waals surface area contributed by atoms with Crippen LogP contribution in [0, 0.1) is 5.82 Å². The topological polar surface area (TPSA) is 92.3 Å². The molecule has 3 aromatic carbocycles. The van der Waals surface area contributed by atoms with E-state index in [-0.39, 0.29) is 17.1 Å². The summed E-state index contributed by atoms with van der Waals surface area (Å²) >= 11 is 0. The average Bonchev–Trinajstić information content (AvgIpc) is 2.74. The number of carbonyl (C=O) groups excluding carboxylic acids is 2. The Labute approximate surface area is 180 Å². The lowest BCUT2D eigenvalue weighted by Crippen LogP contribution is -2.45. The van der Waals surface area contributed by atoms with E-state index < -0.39 is 27.8 Å². The number of halogens is 1. The highest BCUT2D eigenvalue weighted by Crippen LogP contribution is 2.15. The Morgan fingerprint density at radius 2 is 1.61 bits per heavy atom. The summed E-state index contributed by atoms with van der Waals surface area (Å²) in [6.45, 7) is 1.41. The SMILES string of the molecule is CC(=O)c1cccc(NC(=O)[C@H](Cc2ccccc2)NS(=O)(=O)c2ccc(F)cc2)c1. The van der Waals surface area contributed by atoms with Crippen molar-refractivity contribution in [3.63, 3.8) is 0 Å². The summed E-state index contributed by atoms with van der Waals surface area (Å²) in [4.78, 5) is 24.4. The molecule has 3 rings (SSSR count). The van der Waals surface area contributed by atoms with Gasteiger partial charge in [-0.1, -0.05) is 42.5 Å². The second-order valence-electron chi connectivity index (χ2n) is 6.94. The van der Waals surface area contributed by atoms with Gasteiger partial charge in [0.1, 0.15) is 11.9 Å². The molecule has 0 spiro atoms. The number of nitrogens with one attached hydrogen (secondary N) is 2. The van der Waals surface area contributed by atoms with Gasteiger partial charge in [0.25, 0.3) is 0 Å². The summed E-state index contributed by atoms with van der Waals surface area (Å²) < 4.78 is 41.2. The molecule has 2 N–H and O–H groups in total. The van der Waals surface area contributed by atoms with Crippen LogP contribution in [0.15, 0.2) is 83.8 Å². The number of sulfonamides is 1. The molecule has 0 aliphatic heterocycles. The van der Waals surface area contributed by atoms with Crippen molar-refractivity contribution in [2.75, 3.05) is 5.32 Å². The largest absolute Gasteiger partial charge is 0.325 e. The van der Waals surface area contributed by atoms with E-state index >= 15 is 0 Å². The fourth-order valence-corrected chi connectivity index (χ4v) is 4.15. The zero-order valence-corrected chi connectivity index (χ0v) is 17.5. The van der Waals surface area contributed by atoms with E-state index in [1.807, 2.05) is 6.07 Å². The van der Waals surface area contributed by atoms with Crippen LogP contribution in [0.25, 0.3) is 0 Å². The second kappa shape index (κ2) is 9.63. The van der Waals surface area contributed by atoms with E-state index in [1.54, 1.807) is 42.5 Å². The quantitative estimate of drug-likeness (QED) is 0.524. The number of amides is 1. The molecule has 0 saturated carbocycles. The van der Waals surface area contributed by atoms with E-state index in [9.17, 15) is 22.4 Å². The van der Waals surface area contributed by atoms with Crippen LogP contribution in [0.1, 0.15) is 22.8 Å². The lowest BCUT2D eigenvalue weighted by Gasteiger charge is -2.19. The molecule has 3 aromatic rings. The van der Waals surface area contributed by atoms with Crippen molar-refractivity contribution in [2.24, 2.45) is 0 Å². The summed E-state index contributed by atoms with van der Waals surface area (Å²) in [6, 6.07) is 18.5. The zero-order chi connectivity index (χ0) is 22.4. The standard InChI is InChI=1S/C23H21FN2O4S/c1-16(27)18-8-5-9-20(15-18)25-23(28)22(14-17-6-3-2-4-7-17)26-31(29,30)21-12-10-19(24)11-13-21/h2-13,15,22,26H,14H2,1H3,(H,25,28)/t22-/m0/s1. The summed E-state index contributed by atoms with van der Waals surface area (Å²) in [7, 11) is -4.09. The molecule has 0 bridgehead atoms. The number of hydrogen-bond donors (Lipinski definition) is 2. The molecule has 8 heteroatoms. The third kappa shape index (κ3) is 6.07. The van der Waals surface area contributed by atoms with Gasteiger partial charge in [0.05, 0.1) is 4.90 Å². The maximum atomic E-state index is 13.2. The van der Waals surface area contributed by atoms with Crippen molar-refractivity contribution in [1.29, 1.82) is 0 Å². The molecule has 0 aromatic heterocycles. The van der Waals surface area contributed by atoms with Crippen molar-refractivity contribution in [2.45, 2.75) is 24.3 Å². The third-order valence-corrected chi connectivity index (χ3v) is 6.04. The van der Waals surface area contributed by atoms with Gasteiger partial charge >= 0.3 is 0 Å². The van der Waals surface area contributed by atoms with Gasteiger partial charge in [-0.2, -0.15) is 4.72 Å². The van der Waals surface area contributed by atoms with Crippen molar-refractivity contribution >= 4 is 27.4 Å². The van der Waals surface area contributed by atoms with E-state index in [2.05, 4.69) is 10.0 Å². The normalized spacial score (nSPS) is 12.2. The molecule has 0 fully saturated rings. The van der Waals surface area contributed by atoms with E-state index in [1.165, 1.54) is 13.0 Å². The van der Waals surface area contributed by atoms with Crippen LogP contribution in [0.3, 0.4) is 0 Å². The summed E-state index contributed by atoms with van der Waals surface area (Å²) in [5.41, 5.74) is 1.54. The minimum absolute atomic E-state index is 0.0967. The Morgan fingerprint density at radius 3 is 2.26 bits per heavy atom. The van der Waals surface area contributed by atoms with Crippen LogP contribution in [-0.2, 0) is 21.2 Å². The van der Waals surface area contributed by atoms with Gasteiger partial charge in [-0.05, 0) is 55.3 Å². The predicted octanol–water partition coefficient (Wildman–Crippen LogP) is 3.56. The predicted molar refractivity (Wildman–Crippen MR) is 116 cm³/mol. The maximum Gasteiger partial charge on any atom is 0.242 e. The lowest BCUT2D eigenvalue weighted by atomic mass is 10.1. The minimum Gasteiger partial charge on any atom is -0.325 e. The molecule has 0 aliphatic carbocycles. The average molecular weight is 440 g/mol. The molecule has 0 saturated heterocycles. The van der Waals surface area contributed by atoms with Crippen LogP contribution >= 0.6 is 0 Å². The molecule has 160 valence electrons. The zero-order valence-electron chi connectivity index (χ0n) is 16.7. The second-order valence-corrected chi connectivity index (χ2v) is 8.66. The fraction of sp³-hybridized carbons (Fsp3) is 0.130. The maximum absolute atomic E-state index is 13.2. The number of hydrogen-bond acceptors (Lipinski definition) is 4. The number of rotatable bonds is 8. The highest BCUT2D eigenvalue weighted by molar-refractivity contribution is 7.89. The molecule has 0 aliphatic rings. The van der Waals surface area contributed by atoms with Crippen LogP contribution < -0.4 is 10.0 Å². The number of Topliss-reactive ketones (excluding diaryl/α,β-unsaturated/α-hetero) is 1. The summed E-state index contributed by atoms with van der Waals surface area (Å²) in [5, 5.41) is 2.66. The highest BCUT2D eigenvalue weighted by Gasteiger charge is 2.26. The van der Waals surface area contributed by atoms with Gasteiger partial charge in [0, 0.05) is 11.3 Å². The van der Waals surface area contributed by atoms with Crippen LogP contribution in [-0.4, -0.2) is 26.2 Å². The first-order valence-corrected chi connectivity index (χ1v) is 11.0. The Kier molecular flexibility index (Phi) is 6.94. The first-order chi connectivity index (χ1) is 14.7. The smallest absolute Gasteiger partial charge is 0.242 e. The first kappa shape index (κ1) is 22.3. The third-order valence-electron chi connectivity index (χ3n) is 4.56. The van der Waals surface area contributed by atoms with Crippen molar-refractivity contribution in [3.8, 4) is 0 Å². The van der Waals surface area contributed by atoms with E-state index in [0.717, 1.165) is 29.8 Å². The van der Waals surface area contributed by atoms with Crippen molar-refractivity contribution < 1.29 is 22.4 Å². The highest BCUT2D eigenvalue weighted by atomic mass is 32.2. The molecule has 0 heterocycles. The van der Waals surface area contributed by atoms with Gasteiger partial charge in [-0.25, -0.2) is 12.8 Å². The van der Waals surface area contributed by atoms with Gasteiger partial charge in [0.2, 0.25) is 15.9 Å². The van der Waals surface area contributed by atoms with E-state index in [4.69, 9.17) is 0 Å². The molecular weight excluding hydrogens is 419 g/mol. The first-order valence-electron chi connectivity index (χ1n) is 9.48. The number of benzene rings is 3. The van der Waals surface area contributed by atoms with Gasteiger partial charge in [-0.3, -0.25) is 9.59 Å². The fourth-order valence-electron chi connectivity index (χ4n) is 2.95. The van der Waals surface area contributed by atoms with Crippen LogP contribution in [0.5, 0.6) is 0 Å². The van der Waals surface area contributed by atoms with Crippen molar-refractivity contribution in [3.05, 3.63) is 95.8 Å². The molecule has 1 amide bonds. The summed E-state index contributed by atoms with van der Waals surface area (Å²) in [5.74, 6) is -1.31. The molecule has 0 unspecified atom stereocenters. The Balaban J connectivity index is 1.86. The Bertz CT molecular complexity index is 1180. The molecular formula is C23H21FN2O4S. The van der Waals surface area contributed by atoms with Crippen LogP contribution in [0.4, 0.5) is 10.1 Å².